The summed E-state index contributed by atoms with van der Waals surface area (Å²) in [6.45, 7) is 5.77. The predicted octanol–water partition coefficient (Wildman–Crippen LogP) is 1.97. The first-order chi connectivity index (χ1) is 5.74. The van der Waals surface area contributed by atoms with Crippen molar-refractivity contribution in [2.24, 2.45) is 0 Å². The predicted molar refractivity (Wildman–Crippen MR) is 51.4 cm³/mol. The van der Waals surface area contributed by atoms with Gasteiger partial charge < -0.3 is 10.1 Å². The van der Waals surface area contributed by atoms with Crippen LogP contribution in [0.4, 0.5) is 0 Å². The zero-order chi connectivity index (χ0) is 9.56. The van der Waals surface area contributed by atoms with Gasteiger partial charge in [0.25, 0.3) is 0 Å². The molecule has 0 spiro atoms. The van der Waals surface area contributed by atoms with Crippen molar-refractivity contribution in [3.8, 4) is 0 Å². The minimum Gasteiger partial charge on any atom is -0.390 e. The van der Waals surface area contributed by atoms with E-state index >= 15 is 0 Å². The smallest absolute Gasteiger partial charge is 0.125 e. The van der Waals surface area contributed by atoms with E-state index in [1.807, 2.05) is 20.8 Å². The van der Waals surface area contributed by atoms with Crippen molar-refractivity contribution < 1.29 is 5.11 Å². The first-order valence-corrected chi connectivity index (χ1v) is 4.30. The van der Waals surface area contributed by atoms with Crippen LogP contribution in [0.2, 0.25) is 0 Å². The maximum Gasteiger partial charge on any atom is 0.125 e. The monoisotopic (exact) mass is 186 g/mol. The van der Waals surface area contributed by atoms with Gasteiger partial charge in [0.05, 0.1) is 18.0 Å². The molecule has 0 saturated heterocycles. The molecule has 2 N–H and O–H groups in total. The van der Waals surface area contributed by atoms with E-state index in [1.54, 1.807) is 6.20 Å². The first-order valence-electron chi connectivity index (χ1n) is 3.89. The fraction of sp³-hybridized carbons (Fsp3) is 0.500. The van der Waals surface area contributed by atoms with E-state index in [4.69, 9.17) is 17.3 Å². The molecule has 1 heterocycles. The van der Waals surface area contributed by atoms with Gasteiger partial charge in [-0.15, -0.1) is 0 Å². The van der Waals surface area contributed by atoms with Crippen molar-refractivity contribution in [1.82, 2.24) is 9.97 Å². The van der Waals surface area contributed by atoms with E-state index in [0.717, 1.165) is 5.69 Å². The lowest BCUT2D eigenvalue weighted by atomic mass is 10.4. The van der Waals surface area contributed by atoms with Crippen LogP contribution < -0.4 is 0 Å². The Bertz CT molecular complexity index is 283. The summed E-state index contributed by atoms with van der Waals surface area (Å²) < 4.78 is 0.589. The second-order valence-electron chi connectivity index (χ2n) is 1.98. The van der Waals surface area contributed by atoms with Crippen molar-refractivity contribution in [2.75, 3.05) is 0 Å². The molecule has 12 heavy (non-hydrogen) atoms. The largest absolute Gasteiger partial charge is 0.390 e. The summed E-state index contributed by atoms with van der Waals surface area (Å²) in [4.78, 5) is 6.78. The van der Waals surface area contributed by atoms with Gasteiger partial charge in [0.1, 0.15) is 4.64 Å². The maximum absolute atomic E-state index is 8.64. The molecule has 0 radical (unpaired) electrons. The van der Waals surface area contributed by atoms with Crippen molar-refractivity contribution in [3.05, 3.63) is 22.2 Å². The minimum absolute atomic E-state index is 0.0447. The Morgan fingerprint density at radius 3 is 2.58 bits per heavy atom. The highest BCUT2D eigenvalue weighted by molar-refractivity contribution is 7.71. The molecule has 0 amide bonds. The van der Waals surface area contributed by atoms with Crippen molar-refractivity contribution >= 4 is 12.2 Å². The Hall–Kier alpha value is -0.740. The van der Waals surface area contributed by atoms with Gasteiger partial charge in [-0.3, -0.25) is 4.98 Å². The molecule has 0 unspecified atom stereocenters. The quantitative estimate of drug-likeness (QED) is 0.659. The van der Waals surface area contributed by atoms with Crippen molar-refractivity contribution in [2.45, 2.75) is 27.4 Å². The second kappa shape index (κ2) is 5.85. The SMILES string of the molecule is CC.Cc1ncc(CO)[nH]c1=S. The number of nitrogens with zero attached hydrogens (tertiary/aromatic N) is 1. The van der Waals surface area contributed by atoms with Gasteiger partial charge in [-0.2, -0.15) is 0 Å². The molecule has 0 aliphatic heterocycles. The van der Waals surface area contributed by atoms with E-state index in [1.165, 1.54) is 0 Å². The van der Waals surface area contributed by atoms with Crippen LogP contribution >= 0.6 is 12.2 Å². The van der Waals surface area contributed by atoms with Crippen LogP contribution in [-0.2, 0) is 6.61 Å². The molecule has 0 aromatic carbocycles. The Kier molecular flexibility index (Phi) is 5.49. The lowest BCUT2D eigenvalue weighted by Crippen LogP contribution is -1.93. The Morgan fingerprint density at radius 2 is 2.17 bits per heavy atom. The standard InChI is InChI=1S/C6H8N2OS.C2H6/c1-4-6(10)8-5(3-9)2-7-4;1-2/h2,9H,3H2,1H3,(H,8,10);1-2H3. The molecule has 68 valence electrons. The van der Waals surface area contributed by atoms with Crippen LogP contribution in [0.5, 0.6) is 0 Å². The van der Waals surface area contributed by atoms with Gasteiger partial charge in [-0.05, 0) is 6.92 Å². The summed E-state index contributed by atoms with van der Waals surface area (Å²) in [5.74, 6) is 0. The molecule has 0 aliphatic carbocycles. The van der Waals surface area contributed by atoms with Gasteiger partial charge >= 0.3 is 0 Å². The summed E-state index contributed by atoms with van der Waals surface area (Å²) in [5, 5.41) is 8.64. The Balaban J connectivity index is 0.000000561. The number of hydrogen-bond acceptors (Lipinski definition) is 3. The van der Waals surface area contributed by atoms with Crippen LogP contribution in [0.15, 0.2) is 6.20 Å². The Morgan fingerprint density at radius 1 is 1.58 bits per heavy atom. The van der Waals surface area contributed by atoms with Crippen molar-refractivity contribution in [3.63, 3.8) is 0 Å². The number of aryl methyl sites for hydroxylation is 1. The van der Waals surface area contributed by atoms with Gasteiger partial charge in [-0.1, -0.05) is 26.1 Å². The molecule has 0 aliphatic rings. The number of nitrogens with one attached hydrogen (secondary N) is 1. The summed E-state index contributed by atoms with van der Waals surface area (Å²) in [5.41, 5.74) is 1.43. The average Bonchev–Trinajstić information content (AvgIpc) is 2.13. The van der Waals surface area contributed by atoms with Gasteiger partial charge in [0.15, 0.2) is 0 Å². The van der Waals surface area contributed by atoms with Crippen LogP contribution in [0, 0.1) is 11.6 Å². The summed E-state index contributed by atoms with van der Waals surface area (Å²) in [6, 6.07) is 0. The molecule has 1 aromatic rings. The van der Waals surface area contributed by atoms with Crippen LogP contribution in [0.1, 0.15) is 25.2 Å². The van der Waals surface area contributed by atoms with E-state index in [0.29, 0.717) is 10.3 Å². The molecule has 0 atom stereocenters. The molecule has 0 bridgehead atoms. The lowest BCUT2D eigenvalue weighted by Gasteiger charge is -1.95. The molecule has 0 fully saturated rings. The topological polar surface area (TPSA) is 48.9 Å². The van der Waals surface area contributed by atoms with E-state index in [2.05, 4.69) is 9.97 Å². The number of hydrogen-bond donors (Lipinski definition) is 2. The molecule has 0 saturated carbocycles. The third-order valence-electron chi connectivity index (χ3n) is 1.19. The number of aromatic amines is 1. The number of aliphatic hydroxyl groups excluding tert-OH is 1. The second-order valence-corrected chi connectivity index (χ2v) is 2.39. The number of aromatic nitrogens is 2. The molecule has 1 rings (SSSR count). The number of H-pyrrole nitrogens is 1. The van der Waals surface area contributed by atoms with Gasteiger partial charge in [0.2, 0.25) is 0 Å². The van der Waals surface area contributed by atoms with Crippen LogP contribution in [0.3, 0.4) is 0 Å². The molecule has 1 aromatic heterocycles. The van der Waals surface area contributed by atoms with Gasteiger partial charge in [-0.25, -0.2) is 0 Å². The molecule has 4 heteroatoms. The zero-order valence-corrected chi connectivity index (χ0v) is 8.40. The van der Waals surface area contributed by atoms with E-state index in [9.17, 15) is 0 Å². The third-order valence-corrected chi connectivity index (χ3v) is 1.58. The maximum atomic E-state index is 8.64. The minimum atomic E-state index is -0.0447. The Labute approximate surface area is 77.5 Å². The lowest BCUT2D eigenvalue weighted by molar-refractivity contribution is 0.276. The van der Waals surface area contributed by atoms with Crippen LogP contribution in [-0.4, -0.2) is 15.1 Å². The summed E-state index contributed by atoms with van der Waals surface area (Å²) in [6.07, 6.45) is 1.57. The highest BCUT2D eigenvalue weighted by Gasteiger charge is 1.91. The fourth-order valence-electron chi connectivity index (χ4n) is 0.582. The van der Waals surface area contributed by atoms with Crippen LogP contribution in [0.25, 0.3) is 0 Å². The third kappa shape index (κ3) is 3.11. The number of rotatable bonds is 1. The van der Waals surface area contributed by atoms with Gasteiger partial charge in [0, 0.05) is 6.20 Å². The summed E-state index contributed by atoms with van der Waals surface area (Å²) >= 11 is 4.88. The molecular formula is C8H14N2OS. The van der Waals surface area contributed by atoms with Crippen molar-refractivity contribution in [1.29, 1.82) is 0 Å². The highest BCUT2D eigenvalue weighted by Crippen LogP contribution is 1.95. The van der Waals surface area contributed by atoms with E-state index < -0.39 is 0 Å². The summed E-state index contributed by atoms with van der Waals surface area (Å²) in [7, 11) is 0. The highest BCUT2D eigenvalue weighted by atomic mass is 32.1. The zero-order valence-electron chi connectivity index (χ0n) is 7.59. The average molecular weight is 186 g/mol. The van der Waals surface area contributed by atoms with E-state index in [-0.39, 0.29) is 6.61 Å². The normalized spacial score (nSPS) is 8.67. The molecular weight excluding hydrogens is 172 g/mol. The first kappa shape index (κ1) is 11.3. The molecule has 3 nitrogen and oxygen atoms in total. The number of aliphatic hydroxyl groups is 1. The fourth-order valence-corrected chi connectivity index (χ4v) is 0.766.